The van der Waals surface area contributed by atoms with Gasteiger partial charge in [-0.2, -0.15) is 0 Å². The third-order valence-corrected chi connectivity index (χ3v) is 4.88. The van der Waals surface area contributed by atoms with E-state index in [1.165, 1.54) is 12.1 Å². The lowest BCUT2D eigenvalue weighted by Gasteiger charge is -2.07. The molecule has 3 aliphatic heterocycles. The van der Waals surface area contributed by atoms with Crippen molar-refractivity contribution in [3.05, 3.63) is 65.7 Å². The van der Waals surface area contributed by atoms with Gasteiger partial charge in [0, 0.05) is 17.3 Å². The maximum Gasteiger partial charge on any atom is 0.335 e. The second-order valence-electron chi connectivity index (χ2n) is 6.96. The first-order valence-corrected chi connectivity index (χ1v) is 9.80. The number of rotatable bonds is 3. The minimum atomic E-state index is -0.965. The number of carboxylic acids is 1. The molecule has 10 nitrogen and oxygen atoms in total. The molecule has 0 radical (unpaired) electrons. The minimum absolute atomic E-state index is 0.165. The lowest BCUT2D eigenvalue weighted by Crippen LogP contribution is -2.11. The summed E-state index contributed by atoms with van der Waals surface area (Å²) in [7, 11) is 0. The Hall–Kier alpha value is -4.60. The van der Waals surface area contributed by atoms with E-state index in [4.69, 9.17) is 33.5 Å². The summed E-state index contributed by atoms with van der Waals surface area (Å²) in [6.45, 7) is 0.551. The van der Waals surface area contributed by atoms with Crippen molar-refractivity contribution in [1.29, 1.82) is 0 Å². The highest BCUT2D eigenvalue weighted by Crippen LogP contribution is 2.35. The molecule has 168 valence electrons. The molecule has 0 fully saturated rings. The van der Waals surface area contributed by atoms with Crippen molar-refractivity contribution in [1.82, 2.24) is 0 Å². The van der Waals surface area contributed by atoms with E-state index in [0.29, 0.717) is 45.7 Å². The summed E-state index contributed by atoms with van der Waals surface area (Å²) in [5, 5.41) is 11.4. The van der Waals surface area contributed by atoms with E-state index in [1.54, 1.807) is 42.5 Å². The number of carbonyl (C=O) groups is 2. The highest BCUT2D eigenvalue weighted by Gasteiger charge is 2.18. The SMILES string of the molecule is O=C(Nc1ccc2c(c1)OCO2)c1ccc2c(c1)OCO2.O=C(O)c1ccc2c(c1)OCO2. The second-order valence-corrected chi connectivity index (χ2v) is 6.96. The number of carbonyl (C=O) groups excluding carboxylic acids is 1. The van der Waals surface area contributed by atoms with Crippen LogP contribution in [0.5, 0.6) is 34.5 Å². The fourth-order valence-corrected chi connectivity index (χ4v) is 3.24. The summed E-state index contributed by atoms with van der Waals surface area (Å²) in [6.07, 6.45) is 0. The Labute approximate surface area is 187 Å². The number of aromatic carboxylic acids is 1. The van der Waals surface area contributed by atoms with Crippen LogP contribution in [0.2, 0.25) is 0 Å². The van der Waals surface area contributed by atoms with Gasteiger partial charge in [-0.15, -0.1) is 0 Å². The van der Waals surface area contributed by atoms with Gasteiger partial charge in [0.1, 0.15) is 0 Å². The average Bonchev–Trinajstić information content (AvgIpc) is 3.58. The van der Waals surface area contributed by atoms with Crippen molar-refractivity contribution in [2.75, 3.05) is 25.7 Å². The summed E-state index contributed by atoms with van der Waals surface area (Å²) in [5.41, 5.74) is 1.35. The minimum Gasteiger partial charge on any atom is -0.478 e. The lowest BCUT2D eigenvalue weighted by molar-refractivity contribution is 0.0696. The van der Waals surface area contributed by atoms with Gasteiger partial charge in [-0.05, 0) is 48.5 Å². The normalized spacial score (nSPS) is 13.7. The standard InChI is InChI=1S/C15H11NO5.C8H6O4/c17-15(9-1-3-11-13(5-9)20-7-18-11)16-10-2-4-12-14(6-10)21-8-19-12;9-8(10)5-1-2-6-7(3-5)12-4-11-6/h1-6H,7-8H2,(H,16,17);1-3H,4H2,(H,9,10). The maximum atomic E-state index is 12.2. The molecule has 2 N–H and O–H groups in total. The Morgan fingerprint density at radius 2 is 1.06 bits per heavy atom. The van der Waals surface area contributed by atoms with E-state index in [0.717, 1.165) is 0 Å². The van der Waals surface area contributed by atoms with Gasteiger partial charge in [-0.3, -0.25) is 4.79 Å². The second kappa shape index (κ2) is 8.50. The molecule has 1 amide bonds. The van der Waals surface area contributed by atoms with Gasteiger partial charge in [-0.1, -0.05) is 0 Å². The van der Waals surface area contributed by atoms with Crippen molar-refractivity contribution in [3.63, 3.8) is 0 Å². The Morgan fingerprint density at radius 1 is 0.606 bits per heavy atom. The lowest BCUT2D eigenvalue weighted by atomic mass is 10.2. The van der Waals surface area contributed by atoms with Crippen LogP contribution in [0.3, 0.4) is 0 Å². The first-order valence-electron chi connectivity index (χ1n) is 9.80. The van der Waals surface area contributed by atoms with Crippen LogP contribution in [-0.2, 0) is 0 Å². The fourth-order valence-electron chi connectivity index (χ4n) is 3.24. The van der Waals surface area contributed by atoms with Gasteiger partial charge in [0.25, 0.3) is 5.91 Å². The van der Waals surface area contributed by atoms with Crippen LogP contribution < -0.4 is 33.7 Å². The zero-order valence-corrected chi connectivity index (χ0v) is 17.0. The molecule has 6 rings (SSSR count). The van der Waals surface area contributed by atoms with E-state index >= 15 is 0 Å². The predicted molar refractivity (Wildman–Crippen MR) is 113 cm³/mol. The van der Waals surface area contributed by atoms with Crippen molar-refractivity contribution in [2.24, 2.45) is 0 Å². The van der Waals surface area contributed by atoms with E-state index in [9.17, 15) is 9.59 Å². The van der Waals surface area contributed by atoms with Gasteiger partial charge in [-0.25, -0.2) is 4.79 Å². The molecule has 0 spiro atoms. The molecule has 3 aromatic carbocycles. The summed E-state index contributed by atoms with van der Waals surface area (Å²) < 4.78 is 31.0. The smallest absolute Gasteiger partial charge is 0.335 e. The van der Waals surface area contributed by atoms with E-state index in [2.05, 4.69) is 5.32 Å². The highest BCUT2D eigenvalue weighted by atomic mass is 16.7. The quantitative estimate of drug-likeness (QED) is 0.616. The summed E-state index contributed by atoms with van der Waals surface area (Å²) >= 11 is 0. The van der Waals surface area contributed by atoms with Crippen LogP contribution in [0.15, 0.2) is 54.6 Å². The molecular weight excluding hydrogens is 434 g/mol. The number of fused-ring (bicyclic) bond motifs is 3. The van der Waals surface area contributed by atoms with Gasteiger partial charge in [0.15, 0.2) is 34.5 Å². The van der Waals surface area contributed by atoms with E-state index in [1.807, 2.05) is 0 Å². The predicted octanol–water partition coefficient (Wildman–Crippen LogP) is 3.51. The topological polar surface area (TPSA) is 122 Å². The number of nitrogens with one attached hydrogen (secondary N) is 1. The van der Waals surface area contributed by atoms with Gasteiger partial charge < -0.3 is 38.8 Å². The number of hydrogen-bond donors (Lipinski definition) is 2. The van der Waals surface area contributed by atoms with Crippen LogP contribution in [0.4, 0.5) is 5.69 Å². The molecule has 3 aromatic rings. The number of hydrogen-bond acceptors (Lipinski definition) is 8. The molecule has 0 saturated carbocycles. The van der Waals surface area contributed by atoms with Crippen molar-refractivity contribution in [2.45, 2.75) is 0 Å². The molecule has 3 heterocycles. The molecule has 3 aliphatic rings. The Balaban J connectivity index is 0.000000162. The monoisotopic (exact) mass is 451 g/mol. The Morgan fingerprint density at radius 3 is 1.64 bits per heavy atom. The number of benzene rings is 3. The largest absolute Gasteiger partial charge is 0.478 e. The average molecular weight is 451 g/mol. The van der Waals surface area contributed by atoms with Gasteiger partial charge >= 0.3 is 5.97 Å². The molecule has 0 bridgehead atoms. The zero-order valence-electron chi connectivity index (χ0n) is 17.0. The third-order valence-electron chi connectivity index (χ3n) is 4.88. The Kier molecular flexibility index (Phi) is 5.23. The first-order chi connectivity index (χ1) is 16.1. The van der Waals surface area contributed by atoms with Crippen LogP contribution in [0.1, 0.15) is 20.7 Å². The Bertz CT molecular complexity index is 1240. The fraction of sp³-hybridized carbons (Fsp3) is 0.130. The summed E-state index contributed by atoms with van der Waals surface area (Å²) in [5.74, 6) is 2.42. The number of carboxylic acid groups (broad SMARTS) is 1. The molecule has 10 heteroatoms. The summed E-state index contributed by atoms with van der Waals surface area (Å²) in [4.78, 5) is 22.7. The van der Waals surface area contributed by atoms with Gasteiger partial charge in [0.2, 0.25) is 20.4 Å². The van der Waals surface area contributed by atoms with E-state index in [-0.39, 0.29) is 31.8 Å². The van der Waals surface area contributed by atoms with Crippen LogP contribution >= 0.6 is 0 Å². The van der Waals surface area contributed by atoms with Crippen molar-refractivity contribution in [3.8, 4) is 34.5 Å². The van der Waals surface area contributed by atoms with Crippen molar-refractivity contribution < 1.29 is 43.1 Å². The van der Waals surface area contributed by atoms with E-state index < -0.39 is 5.97 Å². The molecule has 33 heavy (non-hydrogen) atoms. The van der Waals surface area contributed by atoms with Crippen LogP contribution in [-0.4, -0.2) is 37.4 Å². The first kappa shape index (κ1) is 20.3. The zero-order chi connectivity index (χ0) is 22.8. The van der Waals surface area contributed by atoms with Crippen LogP contribution in [0.25, 0.3) is 0 Å². The molecule has 0 unspecified atom stereocenters. The maximum absolute atomic E-state index is 12.2. The molecule has 0 saturated heterocycles. The van der Waals surface area contributed by atoms with Crippen LogP contribution in [0, 0.1) is 0 Å². The molecular formula is C23H17NO9. The third kappa shape index (κ3) is 4.26. The number of anilines is 1. The number of ether oxygens (including phenoxy) is 6. The molecule has 0 atom stereocenters. The molecule has 0 aliphatic carbocycles. The molecule has 0 aromatic heterocycles. The summed E-state index contributed by atoms with van der Waals surface area (Å²) in [6, 6.07) is 14.8. The highest BCUT2D eigenvalue weighted by molar-refractivity contribution is 6.04. The number of amides is 1. The van der Waals surface area contributed by atoms with Gasteiger partial charge in [0.05, 0.1) is 5.56 Å². The van der Waals surface area contributed by atoms with Crippen molar-refractivity contribution >= 4 is 17.6 Å².